The first-order valence-corrected chi connectivity index (χ1v) is 6.43. The summed E-state index contributed by atoms with van der Waals surface area (Å²) in [5, 5.41) is 28.1. The second-order valence-corrected chi connectivity index (χ2v) is 3.59. The van der Waals surface area contributed by atoms with Crippen molar-refractivity contribution in [3.8, 4) is 0 Å². The van der Waals surface area contributed by atoms with Crippen LogP contribution in [-0.2, 0) is 9.47 Å². The SMILES string of the molecule is CCOC(=O)NCCN(CCNC(=O)OCC)[N+]([O-])=NO. The predicted octanol–water partition coefficient (Wildman–Crippen LogP) is 0.0473. The molecule has 0 rings (SSSR count). The summed E-state index contributed by atoms with van der Waals surface area (Å²) in [6, 6.07) is 0. The van der Waals surface area contributed by atoms with Crippen molar-refractivity contribution >= 4 is 12.2 Å². The first-order valence-electron chi connectivity index (χ1n) is 6.43. The average Bonchev–Trinajstić information content (AvgIpc) is 2.45. The van der Waals surface area contributed by atoms with Gasteiger partial charge >= 0.3 is 12.2 Å². The van der Waals surface area contributed by atoms with Crippen molar-refractivity contribution in [3.63, 3.8) is 0 Å². The van der Waals surface area contributed by atoms with E-state index in [1.165, 1.54) is 0 Å². The Hall–Kier alpha value is -2.46. The highest BCUT2D eigenvalue weighted by atomic mass is 16.6. The zero-order valence-electron chi connectivity index (χ0n) is 12.1. The number of hydrogen-bond acceptors (Lipinski definition) is 6. The molecule has 2 amide bonds. The van der Waals surface area contributed by atoms with Crippen LogP contribution >= 0.6 is 0 Å². The first kappa shape index (κ1) is 18.5. The normalized spacial score (nSPS) is 10.7. The maximum atomic E-state index is 11.3. The summed E-state index contributed by atoms with van der Waals surface area (Å²) in [5.41, 5.74) is 0. The molecule has 0 atom stereocenters. The van der Waals surface area contributed by atoms with Gasteiger partial charge in [0, 0.05) is 13.1 Å². The Kier molecular flexibility index (Phi) is 10.0. The topological polar surface area (TPSA) is 139 Å². The van der Waals surface area contributed by atoms with Crippen LogP contribution in [0.15, 0.2) is 5.28 Å². The molecule has 11 nitrogen and oxygen atoms in total. The number of rotatable bonds is 9. The minimum atomic E-state index is -0.611. The molecule has 0 aliphatic heterocycles. The summed E-state index contributed by atoms with van der Waals surface area (Å²) < 4.78 is 9.29. The molecule has 11 heteroatoms. The van der Waals surface area contributed by atoms with Crippen LogP contribution in [0.2, 0.25) is 0 Å². The Balaban J connectivity index is 4.10. The summed E-state index contributed by atoms with van der Waals surface area (Å²) in [6.45, 7) is 4.14. The third kappa shape index (κ3) is 9.13. The number of carbonyl (C=O) groups excluding carboxylic acids is 2. The van der Waals surface area contributed by atoms with E-state index >= 15 is 0 Å². The number of hydrazine groups is 1. The van der Waals surface area contributed by atoms with E-state index < -0.39 is 12.2 Å². The monoisotopic (exact) mass is 307 g/mol. The number of nitrogens with zero attached hydrogens (tertiary/aromatic N) is 3. The van der Waals surface area contributed by atoms with Gasteiger partial charge in [-0.05, 0) is 13.8 Å². The lowest BCUT2D eigenvalue weighted by Gasteiger charge is -2.17. The molecule has 0 unspecified atom stereocenters. The zero-order valence-corrected chi connectivity index (χ0v) is 12.1. The van der Waals surface area contributed by atoms with Crippen LogP contribution in [0.25, 0.3) is 0 Å². The van der Waals surface area contributed by atoms with E-state index in [1.807, 2.05) is 0 Å². The molecule has 122 valence electrons. The number of alkyl carbamates (subject to hydrolysis) is 2. The van der Waals surface area contributed by atoms with Crippen molar-refractivity contribution in [2.75, 3.05) is 39.4 Å². The Morgan fingerprint density at radius 3 is 1.90 bits per heavy atom. The molecule has 0 saturated carbocycles. The van der Waals surface area contributed by atoms with Gasteiger partial charge in [0.2, 0.25) is 5.28 Å². The van der Waals surface area contributed by atoms with Crippen molar-refractivity contribution in [1.82, 2.24) is 15.6 Å². The quantitative estimate of drug-likeness (QED) is 0.310. The first-order chi connectivity index (χ1) is 10.0. The number of nitrogens with one attached hydrogen (secondary N) is 2. The van der Waals surface area contributed by atoms with Gasteiger partial charge in [0.1, 0.15) is 0 Å². The summed E-state index contributed by atoms with van der Waals surface area (Å²) in [7, 11) is 0. The van der Waals surface area contributed by atoms with E-state index in [-0.39, 0.29) is 44.4 Å². The van der Waals surface area contributed by atoms with Gasteiger partial charge < -0.3 is 30.5 Å². The predicted molar refractivity (Wildman–Crippen MR) is 69.5 cm³/mol. The van der Waals surface area contributed by atoms with E-state index in [1.54, 1.807) is 13.8 Å². The van der Waals surface area contributed by atoms with Gasteiger partial charge in [-0.1, -0.05) is 0 Å². The maximum absolute atomic E-state index is 11.3. The van der Waals surface area contributed by atoms with E-state index in [4.69, 9.17) is 5.21 Å². The summed E-state index contributed by atoms with van der Waals surface area (Å²) >= 11 is 0. The van der Waals surface area contributed by atoms with Gasteiger partial charge in [-0.25, -0.2) is 9.59 Å². The lowest BCUT2D eigenvalue weighted by Crippen LogP contribution is -2.42. The molecule has 0 aromatic carbocycles. The maximum Gasteiger partial charge on any atom is 0.407 e. The van der Waals surface area contributed by atoms with E-state index in [0.29, 0.717) is 0 Å². The van der Waals surface area contributed by atoms with Gasteiger partial charge in [0.25, 0.3) is 0 Å². The van der Waals surface area contributed by atoms with Crippen LogP contribution in [0.3, 0.4) is 0 Å². The average molecular weight is 307 g/mol. The Morgan fingerprint density at radius 1 is 1.14 bits per heavy atom. The molecule has 0 heterocycles. The van der Waals surface area contributed by atoms with Crippen LogP contribution in [-0.4, -0.2) is 66.8 Å². The molecule has 0 fully saturated rings. The zero-order chi connectivity index (χ0) is 16.1. The van der Waals surface area contributed by atoms with Crippen LogP contribution in [0.5, 0.6) is 0 Å². The van der Waals surface area contributed by atoms with Gasteiger partial charge in [0.05, 0.1) is 31.3 Å². The van der Waals surface area contributed by atoms with E-state index in [9.17, 15) is 14.8 Å². The largest absolute Gasteiger partial charge is 0.569 e. The fraction of sp³-hybridized carbons (Fsp3) is 0.800. The van der Waals surface area contributed by atoms with E-state index in [0.717, 1.165) is 5.01 Å². The summed E-state index contributed by atoms with van der Waals surface area (Å²) in [4.78, 5) is 22.1. The van der Waals surface area contributed by atoms with Gasteiger partial charge in [-0.2, -0.15) is 0 Å². The second-order valence-electron chi connectivity index (χ2n) is 3.59. The molecule has 3 N–H and O–H groups in total. The molecule has 0 aromatic rings. The van der Waals surface area contributed by atoms with Crippen LogP contribution in [0.1, 0.15) is 13.8 Å². The molecule has 0 saturated heterocycles. The lowest BCUT2D eigenvalue weighted by molar-refractivity contribution is -0.709. The van der Waals surface area contributed by atoms with Gasteiger partial charge in [-0.15, -0.1) is 5.01 Å². The van der Waals surface area contributed by atoms with Crippen LogP contribution in [0.4, 0.5) is 9.59 Å². The molecule has 0 spiro atoms. The van der Waals surface area contributed by atoms with Gasteiger partial charge in [-0.3, -0.25) is 0 Å². The fourth-order valence-corrected chi connectivity index (χ4v) is 1.28. The third-order valence-corrected chi connectivity index (χ3v) is 2.15. The number of amides is 2. The minimum Gasteiger partial charge on any atom is -0.569 e. The van der Waals surface area contributed by atoms with Crippen molar-refractivity contribution in [2.45, 2.75) is 13.8 Å². The molecule has 0 aliphatic carbocycles. The molecule has 21 heavy (non-hydrogen) atoms. The molecular weight excluding hydrogens is 286 g/mol. The Labute approximate surface area is 122 Å². The number of carbonyl (C=O) groups is 2. The summed E-state index contributed by atoms with van der Waals surface area (Å²) in [5.74, 6) is 0. The smallest absolute Gasteiger partial charge is 0.407 e. The second kappa shape index (κ2) is 11.4. The molecule has 0 aliphatic rings. The van der Waals surface area contributed by atoms with Crippen molar-refractivity contribution < 1.29 is 29.2 Å². The Bertz CT molecular complexity index is 327. The molecule has 0 radical (unpaired) electrons. The Morgan fingerprint density at radius 2 is 1.57 bits per heavy atom. The third-order valence-electron chi connectivity index (χ3n) is 2.15. The highest BCUT2D eigenvalue weighted by Gasteiger charge is 2.14. The standard InChI is InChI=1S/C10H21N5O6/c1-3-20-9(16)11-5-7-14(15(19)13-18)8-6-12-10(17)21-4-2/h18H,3-8H2,1-2H3,(H,11,16)(H,12,17). The number of hydrogen-bond donors (Lipinski definition) is 3. The van der Waals surface area contributed by atoms with Gasteiger partial charge in [0.15, 0.2) is 0 Å². The van der Waals surface area contributed by atoms with Crippen molar-refractivity contribution in [2.24, 2.45) is 5.28 Å². The molecular formula is C10H21N5O6. The molecule has 0 aromatic heterocycles. The fourth-order valence-electron chi connectivity index (χ4n) is 1.28. The van der Waals surface area contributed by atoms with Crippen molar-refractivity contribution in [1.29, 1.82) is 0 Å². The van der Waals surface area contributed by atoms with E-state index in [2.05, 4.69) is 25.4 Å². The lowest BCUT2D eigenvalue weighted by atomic mass is 10.5. The number of ether oxygens (including phenoxy) is 2. The highest BCUT2D eigenvalue weighted by molar-refractivity contribution is 5.67. The van der Waals surface area contributed by atoms with Crippen molar-refractivity contribution in [3.05, 3.63) is 5.21 Å². The van der Waals surface area contributed by atoms with Crippen LogP contribution < -0.4 is 10.6 Å². The minimum absolute atomic E-state index is 0.0420. The van der Waals surface area contributed by atoms with Crippen LogP contribution in [0, 0.1) is 5.21 Å². The molecule has 0 bridgehead atoms. The highest BCUT2D eigenvalue weighted by Crippen LogP contribution is 1.90. The summed E-state index contributed by atoms with van der Waals surface area (Å²) in [6.07, 6.45) is -1.22.